The van der Waals surface area contributed by atoms with Crippen molar-refractivity contribution in [3.8, 4) is 5.69 Å². The second-order valence-electron chi connectivity index (χ2n) is 5.83. The number of ether oxygens (including phenoxy) is 2. The van der Waals surface area contributed by atoms with Crippen LogP contribution in [0, 0.1) is 13.8 Å². The van der Waals surface area contributed by atoms with Gasteiger partial charge in [-0.25, -0.2) is 19.3 Å². The molecule has 0 amide bonds. The zero-order valence-electron chi connectivity index (χ0n) is 15.3. The van der Waals surface area contributed by atoms with Crippen LogP contribution in [0.1, 0.15) is 44.2 Å². The molecule has 0 saturated carbocycles. The van der Waals surface area contributed by atoms with Crippen LogP contribution in [0.5, 0.6) is 0 Å². The SMILES string of the molecule is CCOC(=O)c1nc(COC(=O)c2ccc(-n3nc(C)cc3C)cc2)cs1. The number of thiazole rings is 1. The zero-order valence-corrected chi connectivity index (χ0v) is 16.1. The molecule has 1 aromatic carbocycles. The van der Waals surface area contributed by atoms with Gasteiger partial charge in [-0.1, -0.05) is 0 Å². The smallest absolute Gasteiger partial charge is 0.367 e. The van der Waals surface area contributed by atoms with Gasteiger partial charge in [0.2, 0.25) is 5.01 Å². The third-order valence-electron chi connectivity index (χ3n) is 3.71. The van der Waals surface area contributed by atoms with E-state index in [0.717, 1.165) is 28.4 Å². The summed E-state index contributed by atoms with van der Waals surface area (Å²) in [5.74, 6) is -0.930. The number of carbonyl (C=O) groups is 2. The van der Waals surface area contributed by atoms with Crippen molar-refractivity contribution >= 4 is 23.3 Å². The van der Waals surface area contributed by atoms with Crippen molar-refractivity contribution in [2.45, 2.75) is 27.4 Å². The van der Waals surface area contributed by atoms with Gasteiger partial charge >= 0.3 is 11.9 Å². The summed E-state index contributed by atoms with van der Waals surface area (Å²) in [4.78, 5) is 27.9. The van der Waals surface area contributed by atoms with Crippen LogP contribution < -0.4 is 0 Å². The number of nitrogens with zero attached hydrogens (tertiary/aromatic N) is 3. The molecule has 0 radical (unpaired) electrons. The molecule has 7 nitrogen and oxygen atoms in total. The van der Waals surface area contributed by atoms with Crippen molar-refractivity contribution in [2.75, 3.05) is 6.61 Å². The van der Waals surface area contributed by atoms with Gasteiger partial charge in [0, 0.05) is 11.1 Å². The van der Waals surface area contributed by atoms with Crippen molar-refractivity contribution in [1.29, 1.82) is 0 Å². The van der Waals surface area contributed by atoms with Gasteiger partial charge in [-0.05, 0) is 51.1 Å². The Bertz CT molecular complexity index is 960. The highest BCUT2D eigenvalue weighted by atomic mass is 32.1. The number of rotatable bonds is 6. The molecule has 0 bridgehead atoms. The Kier molecular flexibility index (Phi) is 5.66. The van der Waals surface area contributed by atoms with E-state index in [0.29, 0.717) is 11.3 Å². The fourth-order valence-electron chi connectivity index (χ4n) is 2.51. The second-order valence-corrected chi connectivity index (χ2v) is 6.68. The minimum absolute atomic E-state index is 0.00600. The van der Waals surface area contributed by atoms with Crippen LogP contribution in [-0.4, -0.2) is 33.3 Å². The van der Waals surface area contributed by atoms with E-state index < -0.39 is 11.9 Å². The van der Waals surface area contributed by atoms with Gasteiger partial charge in [-0.15, -0.1) is 11.3 Å². The lowest BCUT2D eigenvalue weighted by Gasteiger charge is -2.06. The van der Waals surface area contributed by atoms with Crippen LogP contribution >= 0.6 is 11.3 Å². The summed E-state index contributed by atoms with van der Waals surface area (Å²) in [6.07, 6.45) is 0. The van der Waals surface area contributed by atoms with Gasteiger partial charge in [-0.2, -0.15) is 5.10 Å². The maximum Gasteiger partial charge on any atom is 0.367 e. The molecule has 0 fully saturated rings. The maximum atomic E-state index is 12.2. The van der Waals surface area contributed by atoms with Crippen molar-refractivity contribution in [3.05, 3.63) is 63.4 Å². The highest BCUT2D eigenvalue weighted by Crippen LogP contribution is 2.15. The summed E-state index contributed by atoms with van der Waals surface area (Å²) in [6, 6.07) is 9.01. The van der Waals surface area contributed by atoms with Crippen molar-refractivity contribution < 1.29 is 19.1 Å². The average Bonchev–Trinajstić information content (AvgIpc) is 3.26. The first kappa shape index (κ1) is 18.8. The highest BCUT2D eigenvalue weighted by Gasteiger charge is 2.14. The molecule has 0 aliphatic rings. The van der Waals surface area contributed by atoms with E-state index >= 15 is 0 Å². The molecule has 8 heteroatoms. The van der Waals surface area contributed by atoms with Crippen LogP contribution in [0.3, 0.4) is 0 Å². The molecule has 2 aromatic heterocycles. The molecule has 0 atom stereocenters. The number of benzene rings is 1. The van der Waals surface area contributed by atoms with Crippen LogP contribution in [0.15, 0.2) is 35.7 Å². The molecule has 0 N–H and O–H groups in total. The van der Waals surface area contributed by atoms with E-state index in [4.69, 9.17) is 9.47 Å². The fraction of sp³-hybridized carbons (Fsp3) is 0.263. The number of carbonyl (C=O) groups excluding carboxylic acids is 2. The Balaban J connectivity index is 1.61. The Morgan fingerprint density at radius 3 is 2.48 bits per heavy atom. The van der Waals surface area contributed by atoms with Crippen molar-refractivity contribution in [1.82, 2.24) is 14.8 Å². The van der Waals surface area contributed by atoms with Gasteiger partial charge in [0.1, 0.15) is 6.61 Å². The molecular formula is C19H19N3O4S. The van der Waals surface area contributed by atoms with Crippen LogP contribution in [0.2, 0.25) is 0 Å². The van der Waals surface area contributed by atoms with Crippen LogP contribution in [0.25, 0.3) is 5.69 Å². The molecule has 140 valence electrons. The Labute approximate surface area is 160 Å². The number of hydrogen-bond acceptors (Lipinski definition) is 7. The molecule has 0 spiro atoms. The summed E-state index contributed by atoms with van der Waals surface area (Å²) in [7, 11) is 0. The van der Waals surface area contributed by atoms with Gasteiger partial charge in [-0.3, -0.25) is 0 Å². The lowest BCUT2D eigenvalue weighted by Crippen LogP contribution is -2.07. The van der Waals surface area contributed by atoms with Crippen molar-refractivity contribution in [3.63, 3.8) is 0 Å². The average molecular weight is 385 g/mol. The third-order valence-corrected chi connectivity index (χ3v) is 4.58. The largest absolute Gasteiger partial charge is 0.461 e. The minimum Gasteiger partial charge on any atom is -0.461 e. The van der Waals surface area contributed by atoms with E-state index in [2.05, 4.69) is 10.1 Å². The predicted octanol–water partition coefficient (Wildman–Crippen LogP) is 3.48. The predicted molar refractivity (Wildman–Crippen MR) is 100 cm³/mol. The van der Waals surface area contributed by atoms with Gasteiger partial charge in [0.05, 0.1) is 29.2 Å². The molecule has 0 aliphatic heterocycles. The molecular weight excluding hydrogens is 366 g/mol. The van der Waals surface area contributed by atoms with E-state index in [-0.39, 0.29) is 18.2 Å². The van der Waals surface area contributed by atoms with Crippen LogP contribution in [-0.2, 0) is 16.1 Å². The summed E-state index contributed by atoms with van der Waals surface area (Å²) in [5, 5.41) is 6.34. The molecule has 3 aromatic rings. The molecule has 0 aliphatic carbocycles. The maximum absolute atomic E-state index is 12.2. The summed E-state index contributed by atoms with van der Waals surface area (Å²) < 4.78 is 12.0. The lowest BCUT2D eigenvalue weighted by molar-refractivity contribution is 0.0468. The van der Waals surface area contributed by atoms with E-state index in [1.54, 1.807) is 24.4 Å². The minimum atomic E-state index is -0.472. The highest BCUT2D eigenvalue weighted by molar-refractivity contribution is 7.11. The van der Waals surface area contributed by atoms with Gasteiger partial charge < -0.3 is 9.47 Å². The molecule has 0 saturated heterocycles. The van der Waals surface area contributed by atoms with Gasteiger partial charge in [0.15, 0.2) is 0 Å². The standard InChI is InChI=1S/C19H19N3O4S/c1-4-25-19(24)17-20-15(11-27-17)10-26-18(23)14-5-7-16(8-6-14)22-13(3)9-12(2)21-22/h5-9,11H,4,10H2,1-3H3. The number of hydrogen-bond donors (Lipinski definition) is 0. The Hall–Kier alpha value is -3.00. The molecule has 2 heterocycles. The number of aryl methyl sites for hydroxylation is 2. The summed E-state index contributed by atoms with van der Waals surface area (Å²) >= 11 is 1.16. The van der Waals surface area contributed by atoms with Crippen molar-refractivity contribution in [2.24, 2.45) is 0 Å². The lowest BCUT2D eigenvalue weighted by atomic mass is 10.2. The third kappa shape index (κ3) is 4.40. The van der Waals surface area contributed by atoms with Crippen LogP contribution in [0.4, 0.5) is 0 Å². The van der Waals surface area contributed by atoms with E-state index in [1.807, 2.05) is 36.7 Å². The van der Waals surface area contributed by atoms with E-state index in [1.165, 1.54) is 0 Å². The Morgan fingerprint density at radius 2 is 1.85 bits per heavy atom. The molecule has 27 heavy (non-hydrogen) atoms. The molecule has 3 rings (SSSR count). The first-order valence-electron chi connectivity index (χ1n) is 8.40. The van der Waals surface area contributed by atoms with Gasteiger partial charge in [0.25, 0.3) is 0 Å². The fourth-order valence-corrected chi connectivity index (χ4v) is 3.21. The summed E-state index contributed by atoms with van der Waals surface area (Å²) in [5.41, 5.74) is 3.76. The second kappa shape index (κ2) is 8.13. The topological polar surface area (TPSA) is 83.3 Å². The van der Waals surface area contributed by atoms with E-state index in [9.17, 15) is 9.59 Å². The monoisotopic (exact) mass is 385 g/mol. The summed E-state index contributed by atoms with van der Waals surface area (Å²) in [6.45, 7) is 5.92. The quantitative estimate of drug-likeness (QED) is 0.604. The first-order valence-corrected chi connectivity index (χ1v) is 9.28. The Morgan fingerprint density at radius 1 is 1.11 bits per heavy atom. The first-order chi connectivity index (χ1) is 13.0. The normalized spacial score (nSPS) is 10.6. The number of aromatic nitrogens is 3. The molecule has 0 unspecified atom stereocenters. The number of esters is 2. The zero-order chi connectivity index (χ0) is 19.4.